The second kappa shape index (κ2) is 6.55. The zero-order chi connectivity index (χ0) is 15.5. The molecule has 0 radical (unpaired) electrons. The molecule has 0 bridgehead atoms. The lowest BCUT2D eigenvalue weighted by atomic mass is 10.0. The van der Waals surface area contributed by atoms with Crippen molar-refractivity contribution >= 4 is 0 Å². The van der Waals surface area contributed by atoms with Gasteiger partial charge in [-0.3, -0.25) is 14.9 Å². The molecule has 1 aliphatic rings. The Labute approximate surface area is 131 Å². The quantitative estimate of drug-likeness (QED) is 0.939. The maximum atomic E-state index is 10.3. The minimum Gasteiger partial charge on any atom is -0.391 e. The van der Waals surface area contributed by atoms with Crippen molar-refractivity contribution in [3.8, 4) is 0 Å². The van der Waals surface area contributed by atoms with Crippen LogP contribution in [-0.2, 0) is 13.0 Å². The van der Waals surface area contributed by atoms with Crippen LogP contribution in [0, 0.1) is 19.8 Å². The van der Waals surface area contributed by atoms with E-state index >= 15 is 0 Å². The van der Waals surface area contributed by atoms with Crippen LogP contribution in [0.4, 0.5) is 0 Å². The van der Waals surface area contributed by atoms with Gasteiger partial charge >= 0.3 is 0 Å². The summed E-state index contributed by atoms with van der Waals surface area (Å²) in [4.78, 5) is 10.8. The van der Waals surface area contributed by atoms with Gasteiger partial charge in [-0.25, -0.2) is 0 Å². The van der Waals surface area contributed by atoms with Crippen LogP contribution < -0.4 is 0 Å². The Bertz CT molecular complexity index is 609. The molecule has 0 saturated carbocycles. The first-order valence-electron chi connectivity index (χ1n) is 7.84. The Hall–Kier alpha value is -1.78. The Kier molecular flexibility index (Phi) is 4.50. The zero-order valence-corrected chi connectivity index (χ0v) is 13.2. The predicted octanol–water partition coefficient (Wildman–Crippen LogP) is 2.13. The van der Waals surface area contributed by atoms with Gasteiger partial charge in [0.2, 0.25) is 0 Å². The molecule has 22 heavy (non-hydrogen) atoms. The maximum absolute atomic E-state index is 10.3. The van der Waals surface area contributed by atoms with Gasteiger partial charge in [-0.05, 0) is 37.0 Å². The van der Waals surface area contributed by atoms with Crippen LogP contribution in [0.25, 0.3) is 0 Å². The van der Waals surface area contributed by atoms with Gasteiger partial charge in [-0.2, -0.15) is 0 Å². The third-order valence-electron chi connectivity index (χ3n) is 4.60. The van der Waals surface area contributed by atoms with E-state index in [1.54, 1.807) is 18.6 Å². The minimum atomic E-state index is -0.286. The number of likely N-dealkylation sites (tertiary alicyclic amines) is 1. The van der Waals surface area contributed by atoms with Crippen molar-refractivity contribution in [3.05, 3.63) is 59.2 Å². The molecule has 3 rings (SSSR count). The lowest BCUT2D eigenvalue weighted by Crippen LogP contribution is -2.22. The molecule has 0 aliphatic carbocycles. The van der Waals surface area contributed by atoms with E-state index in [2.05, 4.69) is 46.9 Å². The van der Waals surface area contributed by atoms with Gasteiger partial charge in [-0.1, -0.05) is 18.2 Å². The Morgan fingerprint density at radius 1 is 1.18 bits per heavy atom. The average molecular weight is 297 g/mol. The normalized spacial score (nSPS) is 22.1. The van der Waals surface area contributed by atoms with Gasteiger partial charge in [0.05, 0.1) is 11.8 Å². The molecule has 1 aromatic heterocycles. The fourth-order valence-corrected chi connectivity index (χ4v) is 3.30. The first kappa shape index (κ1) is 15.1. The number of hydrogen-bond donors (Lipinski definition) is 1. The number of hydrogen-bond acceptors (Lipinski definition) is 4. The second-order valence-electron chi connectivity index (χ2n) is 6.29. The van der Waals surface area contributed by atoms with E-state index in [0.717, 1.165) is 31.7 Å². The molecule has 1 N–H and O–H groups in total. The van der Waals surface area contributed by atoms with Gasteiger partial charge in [0.15, 0.2) is 0 Å². The number of benzene rings is 1. The molecule has 2 heterocycles. The number of aryl methyl sites for hydroxylation is 2. The summed E-state index contributed by atoms with van der Waals surface area (Å²) in [5.41, 5.74) is 4.99. The fourth-order valence-electron chi connectivity index (χ4n) is 3.30. The summed E-state index contributed by atoms with van der Waals surface area (Å²) in [6.07, 6.45) is 5.69. The molecule has 4 nitrogen and oxygen atoms in total. The van der Waals surface area contributed by atoms with Crippen molar-refractivity contribution in [2.45, 2.75) is 32.9 Å². The van der Waals surface area contributed by atoms with Crippen LogP contribution >= 0.6 is 0 Å². The van der Waals surface area contributed by atoms with Crippen molar-refractivity contribution in [2.24, 2.45) is 5.92 Å². The van der Waals surface area contributed by atoms with Crippen LogP contribution in [-0.4, -0.2) is 39.2 Å². The molecule has 0 spiro atoms. The van der Waals surface area contributed by atoms with Gasteiger partial charge in [0.1, 0.15) is 0 Å². The molecular weight excluding hydrogens is 274 g/mol. The molecule has 0 amide bonds. The predicted molar refractivity (Wildman–Crippen MR) is 86.4 cm³/mol. The third kappa shape index (κ3) is 3.34. The van der Waals surface area contributed by atoms with Crippen molar-refractivity contribution in [3.63, 3.8) is 0 Å². The highest BCUT2D eigenvalue weighted by Crippen LogP contribution is 2.24. The molecule has 2 aromatic rings. The topological polar surface area (TPSA) is 49.2 Å². The lowest BCUT2D eigenvalue weighted by molar-refractivity contribution is 0.140. The summed E-state index contributed by atoms with van der Waals surface area (Å²) < 4.78 is 0. The summed E-state index contributed by atoms with van der Waals surface area (Å²) in [5.74, 6) is 0.237. The van der Waals surface area contributed by atoms with Crippen LogP contribution in [0.15, 0.2) is 36.8 Å². The molecule has 2 atom stereocenters. The highest BCUT2D eigenvalue weighted by atomic mass is 16.3. The first-order chi connectivity index (χ1) is 10.6. The largest absolute Gasteiger partial charge is 0.391 e. The molecule has 4 heteroatoms. The maximum Gasteiger partial charge on any atom is 0.0711 e. The second-order valence-corrected chi connectivity index (χ2v) is 6.29. The molecule has 1 saturated heterocycles. The van der Waals surface area contributed by atoms with E-state index in [1.807, 2.05) is 0 Å². The number of aliphatic hydroxyl groups excluding tert-OH is 1. The Balaban J connectivity index is 1.66. The molecule has 1 aliphatic heterocycles. The van der Waals surface area contributed by atoms with Gasteiger partial charge < -0.3 is 5.11 Å². The number of nitrogens with zero attached hydrogens (tertiary/aromatic N) is 3. The summed E-state index contributed by atoms with van der Waals surface area (Å²) in [7, 11) is 0. The number of rotatable bonds is 4. The van der Waals surface area contributed by atoms with Crippen molar-refractivity contribution < 1.29 is 5.11 Å². The Morgan fingerprint density at radius 3 is 2.64 bits per heavy atom. The fraction of sp³-hybridized carbons (Fsp3) is 0.444. The van der Waals surface area contributed by atoms with Crippen LogP contribution in [0.5, 0.6) is 0 Å². The highest BCUT2D eigenvalue weighted by Gasteiger charge is 2.31. The highest BCUT2D eigenvalue weighted by molar-refractivity contribution is 5.33. The molecule has 0 unspecified atom stereocenters. The summed E-state index contributed by atoms with van der Waals surface area (Å²) in [5, 5.41) is 10.3. The van der Waals surface area contributed by atoms with Crippen molar-refractivity contribution in [1.82, 2.24) is 14.9 Å². The first-order valence-corrected chi connectivity index (χ1v) is 7.84. The Morgan fingerprint density at radius 2 is 1.95 bits per heavy atom. The average Bonchev–Trinajstić information content (AvgIpc) is 2.84. The van der Waals surface area contributed by atoms with Crippen LogP contribution in [0.2, 0.25) is 0 Å². The van der Waals surface area contributed by atoms with E-state index in [-0.39, 0.29) is 12.0 Å². The van der Waals surface area contributed by atoms with E-state index in [0.29, 0.717) is 0 Å². The third-order valence-corrected chi connectivity index (χ3v) is 4.60. The standard InChI is InChI=1S/C18H23N3O/c1-13-4-3-5-14(2)17(13)11-21-10-15(18(22)12-21)8-16-9-19-6-7-20-16/h3-7,9,15,18,22H,8,10-12H2,1-2H3/t15-,18-/m1/s1. The van der Waals surface area contributed by atoms with Crippen LogP contribution in [0.3, 0.4) is 0 Å². The number of aromatic nitrogens is 2. The number of aliphatic hydroxyl groups is 1. The summed E-state index contributed by atoms with van der Waals surface area (Å²) in [6, 6.07) is 6.42. The SMILES string of the molecule is Cc1cccc(C)c1CN1C[C@@H](Cc2cnccn2)[C@H](O)C1. The molecule has 1 aromatic carbocycles. The smallest absolute Gasteiger partial charge is 0.0711 e. The van der Waals surface area contributed by atoms with E-state index < -0.39 is 0 Å². The minimum absolute atomic E-state index is 0.237. The number of β-amino-alcohol motifs (C(OH)–C–C–N with tert-alkyl or cyclic N) is 1. The molecular formula is C18H23N3O. The summed E-state index contributed by atoms with van der Waals surface area (Å²) >= 11 is 0. The lowest BCUT2D eigenvalue weighted by Gasteiger charge is -2.18. The van der Waals surface area contributed by atoms with E-state index in [1.165, 1.54) is 16.7 Å². The van der Waals surface area contributed by atoms with Gasteiger partial charge in [-0.15, -0.1) is 0 Å². The van der Waals surface area contributed by atoms with Crippen molar-refractivity contribution in [2.75, 3.05) is 13.1 Å². The summed E-state index contributed by atoms with van der Waals surface area (Å²) in [6.45, 7) is 6.87. The monoisotopic (exact) mass is 297 g/mol. The zero-order valence-electron chi connectivity index (χ0n) is 13.2. The van der Waals surface area contributed by atoms with Crippen molar-refractivity contribution in [1.29, 1.82) is 0 Å². The van der Waals surface area contributed by atoms with E-state index in [4.69, 9.17) is 0 Å². The van der Waals surface area contributed by atoms with Gasteiger partial charge in [0, 0.05) is 44.1 Å². The van der Waals surface area contributed by atoms with E-state index in [9.17, 15) is 5.11 Å². The molecule has 1 fully saturated rings. The van der Waals surface area contributed by atoms with Crippen LogP contribution in [0.1, 0.15) is 22.4 Å². The van der Waals surface area contributed by atoms with Gasteiger partial charge in [0.25, 0.3) is 0 Å². The molecule has 116 valence electrons.